The summed E-state index contributed by atoms with van der Waals surface area (Å²) in [6.07, 6.45) is 1.75. The molecule has 0 aliphatic rings. The van der Waals surface area contributed by atoms with E-state index >= 15 is 0 Å². The second-order valence-corrected chi connectivity index (χ2v) is 5.26. The van der Waals surface area contributed by atoms with Gasteiger partial charge < -0.3 is 4.90 Å². The van der Waals surface area contributed by atoms with Gasteiger partial charge in [-0.1, -0.05) is 6.07 Å². The summed E-state index contributed by atoms with van der Waals surface area (Å²) in [7, 11) is 4.06. The van der Waals surface area contributed by atoms with Crippen LogP contribution in [-0.4, -0.2) is 31.6 Å². The molecule has 1 atom stereocenters. The van der Waals surface area contributed by atoms with Gasteiger partial charge in [-0.05, 0) is 67.1 Å². The topological polar surface area (TPSA) is 41.3 Å². The number of nitrogens with two attached hydrogens (primary N) is 1. The second-order valence-electron chi connectivity index (χ2n) is 4.41. The minimum atomic E-state index is -0.237. The van der Waals surface area contributed by atoms with Crippen LogP contribution in [0, 0.1) is 5.82 Å². The normalized spacial score (nSPS) is 13.1. The molecule has 3 nitrogen and oxygen atoms in total. The molecule has 3 N–H and O–H groups in total. The minimum absolute atomic E-state index is 0.203. The van der Waals surface area contributed by atoms with E-state index in [0.29, 0.717) is 4.47 Å². The molecule has 0 spiro atoms. The van der Waals surface area contributed by atoms with Crippen LogP contribution in [0.15, 0.2) is 22.7 Å². The highest BCUT2D eigenvalue weighted by Crippen LogP contribution is 2.18. The number of hydrogen-bond donors (Lipinski definition) is 2. The molecule has 0 bridgehead atoms. The van der Waals surface area contributed by atoms with Gasteiger partial charge in [-0.15, -0.1) is 0 Å². The number of nitrogens with zero attached hydrogens (tertiary/aromatic N) is 1. The summed E-state index contributed by atoms with van der Waals surface area (Å²) in [5, 5.41) is 0. The summed E-state index contributed by atoms with van der Waals surface area (Å²) >= 11 is 3.19. The smallest absolute Gasteiger partial charge is 0.137 e. The van der Waals surface area contributed by atoms with Crippen molar-refractivity contribution in [3.8, 4) is 0 Å². The van der Waals surface area contributed by atoms with Crippen LogP contribution < -0.4 is 11.3 Å². The Morgan fingerprint density at radius 1 is 1.47 bits per heavy atom. The van der Waals surface area contributed by atoms with Gasteiger partial charge >= 0.3 is 0 Å². The zero-order chi connectivity index (χ0) is 12.8. The summed E-state index contributed by atoms with van der Waals surface area (Å²) in [5.41, 5.74) is 3.87. The first-order chi connectivity index (χ1) is 8.02. The van der Waals surface area contributed by atoms with Gasteiger partial charge in [-0.3, -0.25) is 11.3 Å². The number of halogens is 2. The standard InChI is InChI=1S/C12H19BrFN3/c1-17(2)6-5-10(16-15)7-9-3-4-12(14)11(13)8-9/h3-4,8,10,16H,5-7,15H2,1-2H3. The van der Waals surface area contributed by atoms with E-state index in [0.717, 1.165) is 24.9 Å². The summed E-state index contributed by atoms with van der Waals surface area (Å²) in [4.78, 5) is 2.12. The lowest BCUT2D eigenvalue weighted by Gasteiger charge is -2.18. The number of hydrazine groups is 1. The van der Waals surface area contributed by atoms with Crippen molar-refractivity contribution in [3.05, 3.63) is 34.1 Å². The molecule has 96 valence electrons. The molecular formula is C12H19BrFN3. The van der Waals surface area contributed by atoms with Gasteiger partial charge in [0.2, 0.25) is 0 Å². The molecule has 0 saturated carbocycles. The van der Waals surface area contributed by atoms with Crippen LogP contribution in [0.1, 0.15) is 12.0 Å². The molecule has 0 aliphatic heterocycles. The lowest BCUT2D eigenvalue weighted by molar-refractivity contribution is 0.358. The maximum Gasteiger partial charge on any atom is 0.137 e. The second kappa shape index (κ2) is 7.06. The Bertz CT molecular complexity index is 358. The molecule has 0 saturated heterocycles. The predicted octanol–water partition coefficient (Wildman–Crippen LogP) is 1.91. The van der Waals surface area contributed by atoms with Gasteiger partial charge in [0, 0.05) is 6.04 Å². The van der Waals surface area contributed by atoms with Crippen LogP contribution in [0.4, 0.5) is 4.39 Å². The Balaban J connectivity index is 2.57. The fraction of sp³-hybridized carbons (Fsp3) is 0.500. The van der Waals surface area contributed by atoms with Crippen LogP contribution >= 0.6 is 15.9 Å². The number of rotatable bonds is 6. The third kappa shape index (κ3) is 5.12. The zero-order valence-electron chi connectivity index (χ0n) is 10.2. The SMILES string of the molecule is CN(C)CCC(Cc1ccc(F)c(Br)c1)NN. The minimum Gasteiger partial charge on any atom is -0.309 e. The molecule has 0 aromatic heterocycles. The molecule has 0 heterocycles. The molecule has 17 heavy (non-hydrogen) atoms. The van der Waals surface area contributed by atoms with Gasteiger partial charge in [0.05, 0.1) is 4.47 Å². The largest absolute Gasteiger partial charge is 0.309 e. The first-order valence-corrected chi connectivity index (χ1v) is 6.37. The molecule has 1 rings (SSSR count). The highest BCUT2D eigenvalue weighted by atomic mass is 79.9. The van der Waals surface area contributed by atoms with E-state index in [1.54, 1.807) is 12.1 Å². The Hall–Kier alpha value is -0.490. The van der Waals surface area contributed by atoms with Gasteiger partial charge in [-0.2, -0.15) is 0 Å². The van der Waals surface area contributed by atoms with Crippen LogP contribution in [0.25, 0.3) is 0 Å². The van der Waals surface area contributed by atoms with E-state index in [9.17, 15) is 4.39 Å². The third-order valence-corrected chi connectivity index (χ3v) is 3.23. The summed E-state index contributed by atoms with van der Waals surface area (Å²) < 4.78 is 13.6. The Morgan fingerprint density at radius 3 is 2.71 bits per heavy atom. The number of nitrogens with one attached hydrogen (secondary N) is 1. The summed E-state index contributed by atoms with van der Waals surface area (Å²) in [5.74, 6) is 5.28. The van der Waals surface area contributed by atoms with Crippen molar-refractivity contribution in [1.82, 2.24) is 10.3 Å². The van der Waals surface area contributed by atoms with Crippen molar-refractivity contribution in [2.75, 3.05) is 20.6 Å². The molecule has 5 heteroatoms. The van der Waals surface area contributed by atoms with Gasteiger partial charge in [-0.25, -0.2) is 4.39 Å². The van der Waals surface area contributed by atoms with Gasteiger partial charge in [0.15, 0.2) is 0 Å². The molecule has 0 fully saturated rings. The van der Waals surface area contributed by atoms with E-state index in [1.165, 1.54) is 6.07 Å². The highest BCUT2D eigenvalue weighted by Gasteiger charge is 2.09. The van der Waals surface area contributed by atoms with Crippen LogP contribution in [0.3, 0.4) is 0 Å². The lowest BCUT2D eigenvalue weighted by atomic mass is 10.0. The van der Waals surface area contributed by atoms with Gasteiger partial charge in [0.25, 0.3) is 0 Å². The van der Waals surface area contributed by atoms with Crippen LogP contribution in [0.5, 0.6) is 0 Å². The Kier molecular flexibility index (Phi) is 6.05. The maximum atomic E-state index is 13.1. The first-order valence-electron chi connectivity index (χ1n) is 5.57. The molecule has 1 aromatic carbocycles. The monoisotopic (exact) mass is 303 g/mol. The Labute approximate surface area is 110 Å². The Morgan fingerprint density at radius 2 is 2.18 bits per heavy atom. The average Bonchev–Trinajstić information content (AvgIpc) is 2.28. The van der Waals surface area contributed by atoms with Crippen molar-refractivity contribution in [2.45, 2.75) is 18.9 Å². The highest BCUT2D eigenvalue weighted by molar-refractivity contribution is 9.10. The van der Waals surface area contributed by atoms with E-state index < -0.39 is 0 Å². The summed E-state index contributed by atoms with van der Waals surface area (Å²) in [6, 6.07) is 5.27. The molecule has 1 unspecified atom stereocenters. The molecular weight excluding hydrogens is 285 g/mol. The van der Waals surface area contributed by atoms with E-state index in [2.05, 4.69) is 26.3 Å². The first kappa shape index (κ1) is 14.6. The maximum absolute atomic E-state index is 13.1. The summed E-state index contributed by atoms with van der Waals surface area (Å²) in [6.45, 7) is 0.969. The van der Waals surface area contributed by atoms with Crippen molar-refractivity contribution in [1.29, 1.82) is 0 Å². The third-order valence-electron chi connectivity index (χ3n) is 2.63. The predicted molar refractivity (Wildman–Crippen MR) is 72.1 cm³/mol. The van der Waals surface area contributed by atoms with Gasteiger partial charge in [0.1, 0.15) is 5.82 Å². The van der Waals surface area contributed by atoms with Crippen LogP contribution in [-0.2, 0) is 6.42 Å². The average molecular weight is 304 g/mol. The van der Waals surface area contributed by atoms with E-state index in [-0.39, 0.29) is 11.9 Å². The van der Waals surface area contributed by atoms with Crippen molar-refractivity contribution in [2.24, 2.45) is 5.84 Å². The number of hydrogen-bond acceptors (Lipinski definition) is 3. The van der Waals surface area contributed by atoms with Crippen LogP contribution in [0.2, 0.25) is 0 Å². The van der Waals surface area contributed by atoms with Crippen molar-refractivity contribution < 1.29 is 4.39 Å². The molecule has 0 amide bonds. The quantitative estimate of drug-likeness (QED) is 0.623. The lowest BCUT2D eigenvalue weighted by Crippen LogP contribution is -2.38. The molecule has 1 aromatic rings. The van der Waals surface area contributed by atoms with E-state index in [4.69, 9.17) is 5.84 Å². The van der Waals surface area contributed by atoms with E-state index in [1.807, 2.05) is 14.1 Å². The zero-order valence-corrected chi connectivity index (χ0v) is 11.8. The number of benzene rings is 1. The van der Waals surface area contributed by atoms with Crippen molar-refractivity contribution in [3.63, 3.8) is 0 Å². The molecule has 0 radical (unpaired) electrons. The molecule has 0 aliphatic carbocycles. The van der Waals surface area contributed by atoms with Crippen molar-refractivity contribution >= 4 is 15.9 Å². The fourth-order valence-electron chi connectivity index (χ4n) is 1.61. The fourth-order valence-corrected chi connectivity index (χ4v) is 2.04.